The van der Waals surface area contributed by atoms with Crippen LogP contribution in [0.4, 0.5) is 17.1 Å². The lowest BCUT2D eigenvalue weighted by Gasteiger charge is -2.09. The van der Waals surface area contributed by atoms with Crippen LogP contribution in [0, 0.1) is 6.92 Å². The highest BCUT2D eigenvalue weighted by Gasteiger charge is 2.06. The number of anilines is 3. The molecule has 3 rings (SSSR count). The van der Waals surface area contributed by atoms with E-state index in [0.29, 0.717) is 0 Å². The first-order valence-corrected chi connectivity index (χ1v) is 8.27. The van der Waals surface area contributed by atoms with Gasteiger partial charge in [-0.25, -0.2) is 4.98 Å². The third kappa shape index (κ3) is 2.59. The number of benzene rings is 2. The van der Waals surface area contributed by atoms with Crippen molar-refractivity contribution in [2.75, 3.05) is 17.3 Å². The van der Waals surface area contributed by atoms with Crippen LogP contribution in [0.25, 0.3) is 10.2 Å². The number of aromatic nitrogens is 1. The molecule has 0 aliphatic heterocycles. The van der Waals surface area contributed by atoms with Gasteiger partial charge in [0.2, 0.25) is 0 Å². The number of nitrogen functional groups attached to an aromatic ring is 1. The van der Waals surface area contributed by atoms with E-state index in [1.807, 2.05) is 19.1 Å². The Kier molecular flexibility index (Phi) is 3.54. The number of nitrogens with one attached hydrogen (secondary N) is 1. The summed E-state index contributed by atoms with van der Waals surface area (Å²) in [6.07, 6.45) is 2.07. The highest BCUT2D eigenvalue weighted by Crippen LogP contribution is 2.31. The Morgan fingerprint density at radius 3 is 2.65 bits per heavy atom. The maximum atomic E-state index is 6.11. The van der Waals surface area contributed by atoms with Crippen LogP contribution in [-0.4, -0.2) is 11.2 Å². The van der Waals surface area contributed by atoms with E-state index < -0.39 is 0 Å². The number of aryl methyl sites for hydroxylation is 1. The molecule has 0 unspecified atom stereocenters. The lowest BCUT2D eigenvalue weighted by Crippen LogP contribution is -1.96. The summed E-state index contributed by atoms with van der Waals surface area (Å²) < 4.78 is 1.13. The van der Waals surface area contributed by atoms with Crippen molar-refractivity contribution in [1.29, 1.82) is 0 Å². The molecule has 20 heavy (non-hydrogen) atoms. The molecule has 0 bridgehead atoms. The average molecular weight is 301 g/mol. The lowest BCUT2D eigenvalue weighted by molar-refractivity contribution is 1.35. The standard InChI is InChI=1S/C15H15N3S2/c1-9-17-14-8-13(12(16)7-15(14)20-9)18-10-3-5-11(19-2)6-4-10/h3-8,18H,16H2,1-2H3. The third-order valence-electron chi connectivity index (χ3n) is 3.04. The third-order valence-corrected chi connectivity index (χ3v) is 4.71. The second-order valence-corrected chi connectivity index (χ2v) is 6.61. The van der Waals surface area contributed by atoms with Gasteiger partial charge in [0.1, 0.15) is 0 Å². The van der Waals surface area contributed by atoms with Crippen molar-refractivity contribution >= 4 is 50.4 Å². The Labute approximate surface area is 126 Å². The molecule has 1 aromatic heterocycles. The summed E-state index contributed by atoms with van der Waals surface area (Å²) in [4.78, 5) is 5.75. The topological polar surface area (TPSA) is 50.9 Å². The fourth-order valence-electron chi connectivity index (χ4n) is 2.04. The molecule has 0 fully saturated rings. The highest BCUT2D eigenvalue weighted by molar-refractivity contribution is 7.98. The molecule has 0 saturated heterocycles. The van der Waals surface area contributed by atoms with Crippen LogP contribution in [0.5, 0.6) is 0 Å². The summed E-state index contributed by atoms with van der Waals surface area (Å²) in [5, 5.41) is 4.41. The summed E-state index contributed by atoms with van der Waals surface area (Å²) in [6, 6.07) is 12.3. The summed E-state index contributed by atoms with van der Waals surface area (Å²) in [7, 11) is 0. The van der Waals surface area contributed by atoms with Gasteiger partial charge >= 0.3 is 0 Å². The van der Waals surface area contributed by atoms with Gasteiger partial charge in [-0.1, -0.05) is 0 Å². The Morgan fingerprint density at radius 2 is 1.95 bits per heavy atom. The van der Waals surface area contributed by atoms with Crippen LogP contribution in [0.3, 0.4) is 0 Å². The van der Waals surface area contributed by atoms with Gasteiger partial charge in [-0.3, -0.25) is 0 Å². The van der Waals surface area contributed by atoms with Gasteiger partial charge in [0.25, 0.3) is 0 Å². The summed E-state index contributed by atoms with van der Waals surface area (Å²) in [5.41, 5.74) is 9.78. The SMILES string of the molecule is CSc1ccc(Nc2cc3nc(C)sc3cc2N)cc1. The average Bonchev–Trinajstić information content (AvgIpc) is 2.79. The Morgan fingerprint density at radius 1 is 1.20 bits per heavy atom. The first-order chi connectivity index (χ1) is 9.65. The summed E-state index contributed by atoms with van der Waals surface area (Å²) >= 11 is 3.40. The first kappa shape index (κ1) is 13.3. The molecule has 0 aliphatic rings. The zero-order chi connectivity index (χ0) is 14.1. The molecule has 3 nitrogen and oxygen atoms in total. The molecule has 1 heterocycles. The molecular weight excluding hydrogens is 286 g/mol. The van der Waals surface area contributed by atoms with Crippen LogP contribution < -0.4 is 11.1 Å². The number of nitrogens with two attached hydrogens (primary N) is 1. The van der Waals surface area contributed by atoms with Crippen LogP contribution in [0.1, 0.15) is 5.01 Å². The van der Waals surface area contributed by atoms with Crippen molar-refractivity contribution < 1.29 is 0 Å². The fourth-order valence-corrected chi connectivity index (χ4v) is 3.31. The van der Waals surface area contributed by atoms with Gasteiger partial charge in [0.15, 0.2) is 0 Å². The van der Waals surface area contributed by atoms with Crippen molar-refractivity contribution in [1.82, 2.24) is 4.98 Å². The minimum Gasteiger partial charge on any atom is -0.397 e. The molecular formula is C15H15N3S2. The maximum absolute atomic E-state index is 6.11. The van der Waals surface area contributed by atoms with Crippen molar-refractivity contribution in [3.05, 3.63) is 41.4 Å². The molecule has 0 atom stereocenters. The van der Waals surface area contributed by atoms with Gasteiger partial charge in [-0.05, 0) is 49.6 Å². The maximum Gasteiger partial charge on any atom is 0.0907 e. The second-order valence-electron chi connectivity index (χ2n) is 4.49. The monoisotopic (exact) mass is 301 g/mol. The van der Waals surface area contributed by atoms with Gasteiger partial charge in [-0.15, -0.1) is 23.1 Å². The predicted octanol–water partition coefficient (Wildman–Crippen LogP) is 4.65. The molecule has 2 aromatic carbocycles. The molecule has 3 aromatic rings. The van der Waals surface area contributed by atoms with E-state index in [1.54, 1.807) is 23.1 Å². The van der Waals surface area contributed by atoms with E-state index in [4.69, 9.17) is 5.73 Å². The highest BCUT2D eigenvalue weighted by atomic mass is 32.2. The molecule has 0 spiro atoms. The minimum atomic E-state index is 0.745. The zero-order valence-corrected chi connectivity index (χ0v) is 12.9. The smallest absolute Gasteiger partial charge is 0.0907 e. The molecule has 0 saturated carbocycles. The Bertz CT molecular complexity index is 748. The molecule has 5 heteroatoms. The van der Waals surface area contributed by atoms with Crippen LogP contribution in [-0.2, 0) is 0 Å². The van der Waals surface area contributed by atoms with Crippen LogP contribution in [0.15, 0.2) is 41.3 Å². The van der Waals surface area contributed by atoms with E-state index in [9.17, 15) is 0 Å². The number of rotatable bonds is 3. The van der Waals surface area contributed by atoms with Gasteiger partial charge in [0.05, 0.1) is 26.6 Å². The van der Waals surface area contributed by atoms with Gasteiger partial charge in [0, 0.05) is 10.6 Å². The number of nitrogens with zero attached hydrogens (tertiary/aromatic N) is 1. The largest absolute Gasteiger partial charge is 0.397 e. The van der Waals surface area contributed by atoms with Gasteiger partial charge in [-0.2, -0.15) is 0 Å². The van der Waals surface area contributed by atoms with Crippen molar-refractivity contribution in [3.8, 4) is 0 Å². The normalized spacial score (nSPS) is 10.9. The van der Waals surface area contributed by atoms with E-state index in [0.717, 1.165) is 32.3 Å². The number of thioether (sulfide) groups is 1. The lowest BCUT2D eigenvalue weighted by atomic mass is 10.2. The van der Waals surface area contributed by atoms with E-state index >= 15 is 0 Å². The number of thiazole rings is 1. The number of hydrogen-bond donors (Lipinski definition) is 2. The second kappa shape index (κ2) is 5.34. The fraction of sp³-hybridized carbons (Fsp3) is 0.133. The quantitative estimate of drug-likeness (QED) is 0.546. The molecule has 102 valence electrons. The summed E-state index contributed by atoms with van der Waals surface area (Å²) in [5.74, 6) is 0. The molecule has 0 aliphatic carbocycles. The molecule has 0 radical (unpaired) electrons. The summed E-state index contributed by atoms with van der Waals surface area (Å²) in [6.45, 7) is 2.01. The van der Waals surface area contributed by atoms with Crippen molar-refractivity contribution in [2.45, 2.75) is 11.8 Å². The van der Waals surface area contributed by atoms with Gasteiger partial charge < -0.3 is 11.1 Å². The molecule has 0 amide bonds. The Balaban J connectivity index is 1.94. The van der Waals surface area contributed by atoms with Crippen LogP contribution in [0.2, 0.25) is 0 Å². The van der Waals surface area contributed by atoms with Crippen molar-refractivity contribution in [2.24, 2.45) is 0 Å². The predicted molar refractivity (Wildman–Crippen MR) is 90.3 cm³/mol. The minimum absolute atomic E-state index is 0.745. The number of fused-ring (bicyclic) bond motifs is 1. The molecule has 3 N–H and O–H groups in total. The van der Waals surface area contributed by atoms with E-state index in [1.165, 1.54) is 4.90 Å². The van der Waals surface area contributed by atoms with E-state index in [-0.39, 0.29) is 0 Å². The van der Waals surface area contributed by atoms with Crippen LogP contribution >= 0.6 is 23.1 Å². The number of hydrogen-bond acceptors (Lipinski definition) is 5. The van der Waals surface area contributed by atoms with E-state index in [2.05, 4.69) is 40.8 Å². The first-order valence-electron chi connectivity index (χ1n) is 6.23. The van der Waals surface area contributed by atoms with Crippen molar-refractivity contribution in [3.63, 3.8) is 0 Å². The Hall–Kier alpha value is -1.72. The zero-order valence-electron chi connectivity index (χ0n) is 11.3.